The average Bonchev–Trinajstić information content (AvgIpc) is 2.65. The van der Waals surface area contributed by atoms with Crippen LogP contribution in [0, 0.1) is 10.1 Å². The van der Waals surface area contributed by atoms with Crippen LogP contribution in [0.25, 0.3) is 0 Å². The molecule has 0 saturated heterocycles. The Balaban J connectivity index is 2.18. The molecule has 9 heteroatoms. The van der Waals surface area contributed by atoms with Crippen LogP contribution in [0.4, 0.5) is 5.69 Å². The molecule has 0 aromatic heterocycles. The van der Waals surface area contributed by atoms with Crippen molar-refractivity contribution in [3.8, 4) is 5.75 Å². The highest BCUT2D eigenvalue weighted by Gasteiger charge is 2.23. The Labute approximate surface area is 158 Å². The van der Waals surface area contributed by atoms with Gasteiger partial charge in [0.25, 0.3) is 5.69 Å². The second-order valence-electron chi connectivity index (χ2n) is 6.37. The van der Waals surface area contributed by atoms with E-state index >= 15 is 0 Å². The third kappa shape index (κ3) is 5.03. The number of sulfonamides is 1. The number of methoxy groups -OCH3 is 1. The molecule has 2 rings (SSSR count). The number of ether oxygens (including phenoxy) is 1. The fourth-order valence-corrected chi connectivity index (χ4v) is 3.76. The first-order valence-electron chi connectivity index (χ1n) is 8.33. The SMILES string of the molecule is COc1ccc([N+](=O)[O-])cc1S(=O)(=O)NCC(N)c1ccc(C(C)C)cc1. The van der Waals surface area contributed by atoms with Gasteiger partial charge in [-0.05, 0) is 23.1 Å². The summed E-state index contributed by atoms with van der Waals surface area (Å²) in [6.45, 7) is 4.10. The van der Waals surface area contributed by atoms with Gasteiger partial charge < -0.3 is 10.5 Å². The smallest absolute Gasteiger partial charge is 0.271 e. The fourth-order valence-electron chi connectivity index (χ4n) is 2.51. The maximum Gasteiger partial charge on any atom is 0.271 e. The molecule has 0 amide bonds. The minimum Gasteiger partial charge on any atom is -0.495 e. The molecular formula is C18H23N3O5S. The minimum atomic E-state index is -4.04. The Morgan fingerprint density at radius 3 is 2.26 bits per heavy atom. The number of hydrogen-bond donors (Lipinski definition) is 2. The molecule has 2 aromatic rings. The molecule has 146 valence electrons. The Morgan fingerprint density at radius 2 is 1.74 bits per heavy atom. The molecule has 8 nitrogen and oxygen atoms in total. The first kappa shape index (κ1) is 20.8. The topological polar surface area (TPSA) is 125 Å². The lowest BCUT2D eigenvalue weighted by atomic mass is 9.99. The Kier molecular flexibility index (Phi) is 6.53. The van der Waals surface area contributed by atoms with Crippen molar-refractivity contribution in [3.63, 3.8) is 0 Å². The van der Waals surface area contributed by atoms with Gasteiger partial charge in [-0.2, -0.15) is 0 Å². The zero-order valence-electron chi connectivity index (χ0n) is 15.4. The summed E-state index contributed by atoms with van der Waals surface area (Å²) < 4.78 is 32.6. The molecule has 0 aliphatic carbocycles. The third-order valence-corrected chi connectivity index (χ3v) is 5.62. The van der Waals surface area contributed by atoms with Crippen LogP contribution in [0.2, 0.25) is 0 Å². The van der Waals surface area contributed by atoms with E-state index in [0.717, 1.165) is 17.2 Å². The van der Waals surface area contributed by atoms with Crippen molar-refractivity contribution >= 4 is 15.7 Å². The number of nitro groups is 1. The molecule has 1 unspecified atom stereocenters. The van der Waals surface area contributed by atoms with Gasteiger partial charge >= 0.3 is 0 Å². The Morgan fingerprint density at radius 1 is 1.15 bits per heavy atom. The molecule has 0 radical (unpaired) electrons. The summed E-state index contributed by atoms with van der Waals surface area (Å²) in [6.07, 6.45) is 0. The highest BCUT2D eigenvalue weighted by molar-refractivity contribution is 7.89. The van der Waals surface area contributed by atoms with Crippen LogP contribution in [0.15, 0.2) is 47.4 Å². The highest BCUT2D eigenvalue weighted by atomic mass is 32.2. The normalized spacial score (nSPS) is 12.8. The van der Waals surface area contributed by atoms with Crippen molar-refractivity contribution in [2.75, 3.05) is 13.7 Å². The second-order valence-corrected chi connectivity index (χ2v) is 8.11. The van der Waals surface area contributed by atoms with Gasteiger partial charge in [0, 0.05) is 24.7 Å². The van der Waals surface area contributed by atoms with E-state index in [2.05, 4.69) is 18.6 Å². The summed E-state index contributed by atoms with van der Waals surface area (Å²) in [4.78, 5) is 9.97. The summed E-state index contributed by atoms with van der Waals surface area (Å²) in [5.41, 5.74) is 7.69. The number of hydrogen-bond acceptors (Lipinski definition) is 6. The lowest BCUT2D eigenvalue weighted by Crippen LogP contribution is -2.32. The number of nitro benzene ring substituents is 1. The first-order chi connectivity index (χ1) is 12.7. The number of benzene rings is 2. The van der Waals surface area contributed by atoms with E-state index in [1.807, 2.05) is 24.3 Å². The average molecular weight is 393 g/mol. The summed E-state index contributed by atoms with van der Waals surface area (Å²) in [5.74, 6) is 0.401. The number of nitrogens with one attached hydrogen (secondary N) is 1. The number of rotatable bonds is 8. The Bertz CT molecular complexity index is 911. The minimum absolute atomic E-state index is 0.0166. The van der Waals surface area contributed by atoms with E-state index in [1.54, 1.807) is 0 Å². The van der Waals surface area contributed by atoms with Crippen molar-refractivity contribution in [3.05, 3.63) is 63.7 Å². The van der Waals surface area contributed by atoms with Gasteiger partial charge in [0.05, 0.1) is 12.0 Å². The van der Waals surface area contributed by atoms with Crippen molar-refractivity contribution in [2.45, 2.75) is 30.7 Å². The zero-order chi connectivity index (χ0) is 20.2. The fraction of sp³-hybridized carbons (Fsp3) is 0.333. The van der Waals surface area contributed by atoms with E-state index in [0.29, 0.717) is 5.92 Å². The van der Waals surface area contributed by atoms with Gasteiger partial charge in [-0.25, -0.2) is 13.1 Å². The quantitative estimate of drug-likeness (QED) is 0.525. The highest BCUT2D eigenvalue weighted by Crippen LogP contribution is 2.28. The number of nitrogens with two attached hydrogens (primary N) is 1. The van der Waals surface area contributed by atoms with Gasteiger partial charge in [0.15, 0.2) is 0 Å². The van der Waals surface area contributed by atoms with Crippen LogP contribution in [0.3, 0.4) is 0 Å². The molecular weight excluding hydrogens is 370 g/mol. The predicted octanol–water partition coefficient (Wildman–Crippen LogP) is 2.71. The van der Waals surface area contributed by atoms with Crippen molar-refractivity contribution in [1.29, 1.82) is 0 Å². The number of non-ortho nitro benzene ring substituents is 1. The standard InChI is InChI=1S/C18H23N3O5S/c1-12(2)13-4-6-14(7-5-13)16(19)11-20-27(24,25)18-10-15(21(22)23)8-9-17(18)26-3/h4-10,12,16,20H,11,19H2,1-3H3. The van der Waals surface area contributed by atoms with Gasteiger partial charge in [0.2, 0.25) is 10.0 Å². The van der Waals surface area contributed by atoms with E-state index in [1.165, 1.54) is 19.2 Å². The molecule has 0 spiro atoms. The maximum atomic E-state index is 12.6. The molecule has 0 fully saturated rings. The molecule has 27 heavy (non-hydrogen) atoms. The van der Waals surface area contributed by atoms with E-state index in [-0.39, 0.29) is 22.9 Å². The van der Waals surface area contributed by atoms with Crippen LogP contribution >= 0.6 is 0 Å². The van der Waals surface area contributed by atoms with Crippen LogP contribution in [-0.2, 0) is 10.0 Å². The Hall–Kier alpha value is -2.49. The van der Waals surface area contributed by atoms with Crippen LogP contribution in [-0.4, -0.2) is 27.0 Å². The molecule has 1 atom stereocenters. The third-order valence-electron chi connectivity index (χ3n) is 4.17. The van der Waals surface area contributed by atoms with Crippen LogP contribution in [0.5, 0.6) is 5.75 Å². The molecule has 0 aliphatic rings. The summed E-state index contributed by atoms with van der Waals surface area (Å²) in [6, 6.07) is 10.5. The summed E-state index contributed by atoms with van der Waals surface area (Å²) in [7, 11) is -2.75. The lowest BCUT2D eigenvalue weighted by Gasteiger charge is -2.16. The first-order valence-corrected chi connectivity index (χ1v) is 9.81. The van der Waals surface area contributed by atoms with Gasteiger partial charge in [0.1, 0.15) is 10.6 Å². The maximum absolute atomic E-state index is 12.6. The van der Waals surface area contributed by atoms with Gasteiger partial charge in [-0.15, -0.1) is 0 Å². The zero-order valence-corrected chi connectivity index (χ0v) is 16.2. The molecule has 0 saturated carbocycles. The molecule has 3 N–H and O–H groups in total. The van der Waals surface area contributed by atoms with E-state index in [4.69, 9.17) is 10.5 Å². The van der Waals surface area contributed by atoms with E-state index in [9.17, 15) is 18.5 Å². The van der Waals surface area contributed by atoms with Crippen molar-refractivity contribution in [2.24, 2.45) is 5.73 Å². The van der Waals surface area contributed by atoms with Crippen molar-refractivity contribution < 1.29 is 18.1 Å². The largest absolute Gasteiger partial charge is 0.495 e. The molecule has 0 aliphatic heterocycles. The van der Waals surface area contributed by atoms with E-state index < -0.39 is 21.0 Å². The lowest BCUT2D eigenvalue weighted by molar-refractivity contribution is -0.385. The predicted molar refractivity (Wildman–Crippen MR) is 102 cm³/mol. The van der Waals surface area contributed by atoms with Gasteiger partial charge in [-0.3, -0.25) is 10.1 Å². The number of nitrogens with zero attached hydrogens (tertiary/aromatic N) is 1. The second kappa shape index (κ2) is 8.47. The molecule has 0 heterocycles. The summed E-state index contributed by atoms with van der Waals surface area (Å²) >= 11 is 0. The molecule has 0 bridgehead atoms. The monoisotopic (exact) mass is 393 g/mol. The van der Waals surface area contributed by atoms with Gasteiger partial charge in [-0.1, -0.05) is 38.1 Å². The van der Waals surface area contributed by atoms with Crippen molar-refractivity contribution in [1.82, 2.24) is 4.72 Å². The van der Waals surface area contributed by atoms with Crippen LogP contribution in [0.1, 0.15) is 36.9 Å². The summed E-state index contributed by atoms with van der Waals surface area (Å²) in [5, 5.41) is 10.9. The van der Waals surface area contributed by atoms with Crippen LogP contribution < -0.4 is 15.2 Å². The molecule has 2 aromatic carbocycles.